The summed E-state index contributed by atoms with van der Waals surface area (Å²) >= 11 is 6.84. The SMILES string of the molecule is Cc1ccccc1NC(=O)C(=O)Nn1c(C(=O)Nc2ccc(Br)cc2C)cc2cc(Br)ccc21. The third kappa shape index (κ3) is 5.05. The number of hydrogen-bond acceptors (Lipinski definition) is 3. The number of hydrogen-bond donors (Lipinski definition) is 3. The first-order valence-electron chi connectivity index (χ1n) is 10.3. The molecule has 0 radical (unpaired) electrons. The van der Waals surface area contributed by atoms with Crippen LogP contribution in [0.2, 0.25) is 0 Å². The quantitative estimate of drug-likeness (QED) is 0.267. The van der Waals surface area contributed by atoms with Gasteiger partial charge in [0.2, 0.25) is 0 Å². The molecule has 3 N–H and O–H groups in total. The fourth-order valence-corrected chi connectivity index (χ4v) is 4.33. The summed E-state index contributed by atoms with van der Waals surface area (Å²) in [4.78, 5) is 38.6. The lowest BCUT2D eigenvalue weighted by molar-refractivity contribution is -0.133. The Balaban J connectivity index is 1.65. The van der Waals surface area contributed by atoms with Crippen molar-refractivity contribution in [3.63, 3.8) is 0 Å². The molecule has 172 valence electrons. The predicted molar refractivity (Wildman–Crippen MR) is 141 cm³/mol. The standard InChI is InChI=1S/C25H20Br2N4O3/c1-14-5-3-4-6-19(14)29-24(33)25(34)30-31-21-10-8-18(27)12-16(21)13-22(31)23(32)28-20-9-7-17(26)11-15(20)2/h3-13H,1-2H3,(H,28,32)(H,29,33)(H,30,34). The lowest BCUT2D eigenvalue weighted by Gasteiger charge is -2.14. The van der Waals surface area contributed by atoms with Gasteiger partial charge in [0.05, 0.1) is 5.52 Å². The number of aryl methyl sites for hydroxylation is 2. The van der Waals surface area contributed by atoms with Gasteiger partial charge in [0.1, 0.15) is 5.69 Å². The second kappa shape index (κ2) is 9.82. The lowest BCUT2D eigenvalue weighted by Crippen LogP contribution is -2.36. The summed E-state index contributed by atoms with van der Waals surface area (Å²) < 4.78 is 3.04. The van der Waals surface area contributed by atoms with Crippen LogP contribution in [0.5, 0.6) is 0 Å². The molecule has 0 unspecified atom stereocenters. The molecule has 0 aliphatic rings. The Kier molecular flexibility index (Phi) is 6.85. The highest BCUT2D eigenvalue weighted by Gasteiger charge is 2.22. The fourth-order valence-electron chi connectivity index (χ4n) is 3.47. The van der Waals surface area contributed by atoms with Crippen LogP contribution in [0.3, 0.4) is 0 Å². The Morgan fingerprint density at radius 1 is 0.735 bits per heavy atom. The van der Waals surface area contributed by atoms with Crippen LogP contribution in [0.25, 0.3) is 10.9 Å². The van der Waals surface area contributed by atoms with E-state index in [-0.39, 0.29) is 5.69 Å². The Morgan fingerprint density at radius 2 is 1.41 bits per heavy atom. The average Bonchev–Trinajstić information content (AvgIpc) is 3.14. The number of nitrogens with zero attached hydrogens (tertiary/aromatic N) is 1. The van der Waals surface area contributed by atoms with Gasteiger partial charge in [-0.2, -0.15) is 0 Å². The molecule has 34 heavy (non-hydrogen) atoms. The molecule has 7 nitrogen and oxygen atoms in total. The van der Waals surface area contributed by atoms with E-state index in [1.807, 2.05) is 44.2 Å². The van der Waals surface area contributed by atoms with Gasteiger partial charge < -0.3 is 10.6 Å². The van der Waals surface area contributed by atoms with Crippen molar-refractivity contribution in [3.8, 4) is 0 Å². The van der Waals surface area contributed by atoms with Gasteiger partial charge in [0.25, 0.3) is 5.91 Å². The molecular weight excluding hydrogens is 564 g/mol. The summed E-state index contributed by atoms with van der Waals surface area (Å²) in [5, 5.41) is 6.19. The van der Waals surface area contributed by atoms with Gasteiger partial charge in [-0.15, -0.1) is 0 Å². The number of fused-ring (bicyclic) bond motifs is 1. The van der Waals surface area contributed by atoms with Crippen molar-refractivity contribution < 1.29 is 14.4 Å². The summed E-state index contributed by atoms with van der Waals surface area (Å²) in [7, 11) is 0. The number of carbonyl (C=O) groups excluding carboxylic acids is 3. The average molecular weight is 584 g/mol. The predicted octanol–water partition coefficient (Wildman–Crippen LogP) is 5.74. The molecule has 1 heterocycles. The topological polar surface area (TPSA) is 92.2 Å². The van der Waals surface area contributed by atoms with Gasteiger partial charge in [0.15, 0.2) is 0 Å². The smallest absolute Gasteiger partial charge is 0.320 e. The molecule has 1 aromatic heterocycles. The zero-order valence-electron chi connectivity index (χ0n) is 18.3. The molecule has 3 amide bonds. The van der Waals surface area contributed by atoms with Crippen LogP contribution in [0.15, 0.2) is 75.7 Å². The highest BCUT2D eigenvalue weighted by Crippen LogP contribution is 2.25. The van der Waals surface area contributed by atoms with E-state index in [1.165, 1.54) is 4.68 Å². The number of amides is 3. The number of benzene rings is 3. The van der Waals surface area contributed by atoms with E-state index in [0.29, 0.717) is 22.3 Å². The molecule has 4 aromatic rings. The summed E-state index contributed by atoms with van der Waals surface area (Å²) in [5.41, 5.74) is 6.17. The van der Waals surface area contributed by atoms with Gasteiger partial charge >= 0.3 is 11.8 Å². The van der Waals surface area contributed by atoms with Crippen molar-refractivity contribution >= 4 is 71.9 Å². The number of aromatic nitrogens is 1. The Hall–Kier alpha value is -3.43. The summed E-state index contributed by atoms with van der Waals surface area (Å²) in [5.74, 6) is -2.18. The summed E-state index contributed by atoms with van der Waals surface area (Å²) in [6.45, 7) is 3.71. The maximum absolute atomic E-state index is 13.2. The normalized spacial score (nSPS) is 10.7. The van der Waals surface area contributed by atoms with Crippen molar-refractivity contribution in [3.05, 3.63) is 92.5 Å². The zero-order valence-corrected chi connectivity index (χ0v) is 21.5. The minimum atomic E-state index is -0.905. The Bertz CT molecular complexity index is 1450. The molecular formula is C25H20Br2N4O3. The largest absolute Gasteiger partial charge is 0.328 e. The second-order valence-corrected chi connectivity index (χ2v) is 9.52. The zero-order chi connectivity index (χ0) is 24.4. The molecule has 0 atom stereocenters. The summed E-state index contributed by atoms with van der Waals surface area (Å²) in [6.07, 6.45) is 0. The van der Waals surface area contributed by atoms with Crippen molar-refractivity contribution in [1.29, 1.82) is 0 Å². The fraction of sp³-hybridized carbons (Fsp3) is 0.0800. The first-order valence-corrected chi connectivity index (χ1v) is 11.9. The molecule has 0 saturated carbocycles. The maximum Gasteiger partial charge on any atom is 0.328 e. The van der Waals surface area contributed by atoms with Crippen LogP contribution < -0.4 is 16.1 Å². The maximum atomic E-state index is 13.2. The van der Waals surface area contributed by atoms with Crippen LogP contribution >= 0.6 is 31.9 Å². The first-order chi connectivity index (χ1) is 16.2. The van der Waals surface area contributed by atoms with E-state index in [4.69, 9.17) is 0 Å². The van der Waals surface area contributed by atoms with Gasteiger partial charge in [0, 0.05) is 25.7 Å². The summed E-state index contributed by atoms with van der Waals surface area (Å²) in [6, 6.07) is 19.7. The van der Waals surface area contributed by atoms with Crippen LogP contribution in [0.4, 0.5) is 11.4 Å². The second-order valence-electron chi connectivity index (χ2n) is 7.69. The van der Waals surface area contributed by atoms with E-state index in [1.54, 1.807) is 36.4 Å². The van der Waals surface area contributed by atoms with E-state index in [0.717, 1.165) is 20.1 Å². The minimum Gasteiger partial charge on any atom is -0.320 e. The monoisotopic (exact) mass is 582 g/mol. The number of rotatable bonds is 4. The van der Waals surface area contributed by atoms with Crippen molar-refractivity contribution in [2.45, 2.75) is 13.8 Å². The number of carbonyl (C=O) groups is 3. The van der Waals surface area contributed by atoms with Crippen LogP contribution in [-0.4, -0.2) is 22.4 Å². The van der Waals surface area contributed by atoms with E-state index < -0.39 is 17.7 Å². The third-order valence-corrected chi connectivity index (χ3v) is 6.23. The number of halogens is 2. The van der Waals surface area contributed by atoms with Gasteiger partial charge in [-0.3, -0.25) is 19.8 Å². The Morgan fingerprint density at radius 3 is 2.15 bits per heavy atom. The van der Waals surface area contributed by atoms with Crippen molar-refractivity contribution in [2.24, 2.45) is 0 Å². The van der Waals surface area contributed by atoms with Gasteiger partial charge in [-0.05, 0) is 73.5 Å². The molecule has 0 fully saturated rings. The highest BCUT2D eigenvalue weighted by molar-refractivity contribution is 9.10. The molecule has 0 spiro atoms. The van der Waals surface area contributed by atoms with Gasteiger partial charge in [-0.1, -0.05) is 50.1 Å². The molecule has 0 aliphatic carbocycles. The highest BCUT2D eigenvalue weighted by atomic mass is 79.9. The minimum absolute atomic E-state index is 0.174. The van der Waals surface area contributed by atoms with Crippen molar-refractivity contribution in [1.82, 2.24) is 4.68 Å². The number of nitrogens with one attached hydrogen (secondary N) is 3. The molecule has 3 aromatic carbocycles. The van der Waals surface area contributed by atoms with E-state index >= 15 is 0 Å². The molecule has 0 bridgehead atoms. The van der Waals surface area contributed by atoms with Crippen LogP contribution in [0.1, 0.15) is 21.6 Å². The molecule has 0 aliphatic heterocycles. The number of anilines is 2. The first kappa shape index (κ1) is 23.7. The van der Waals surface area contributed by atoms with Crippen LogP contribution in [0, 0.1) is 13.8 Å². The molecule has 9 heteroatoms. The lowest BCUT2D eigenvalue weighted by atomic mass is 10.2. The molecule has 4 rings (SSSR count). The molecule has 0 saturated heterocycles. The van der Waals surface area contributed by atoms with E-state index in [2.05, 4.69) is 47.9 Å². The van der Waals surface area contributed by atoms with Gasteiger partial charge in [-0.25, -0.2) is 4.68 Å². The number of para-hydroxylation sites is 1. The Labute approximate surface area is 212 Å². The van der Waals surface area contributed by atoms with Crippen molar-refractivity contribution in [2.75, 3.05) is 16.1 Å². The third-order valence-electron chi connectivity index (χ3n) is 5.25. The van der Waals surface area contributed by atoms with E-state index in [9.17, 15) is 14.4 Å². The van der Waals surface area contributed by atoms with Crippen LogP contribution in [-0.2, 0) is 9.59 Å².